The molecule has 0 saturated carbocycles. The molecule has 1 saturated heterocycles. The number of thioether (sulfide) groups is 1. The molecule has 0 aromatic heterocycles. The molecule has 15 heteroatoms. The van der Waals surface area contributed by atoms with Crippen molar-refractivity contribution < 1.29 is 49.6 Å². The van der Waals surface area contributed by atoms with Crippen LogP contribution in [0.25, 0.3) is 0 Å². The zero-order chi connectivity index (χ0) is 30.2. The monoisotopic (exact) mass is 614 g/mol. The van der Waals surface area contributed by atoms with Crippen molar-refractivity contribution in [3.8, 4) is 0 Å². The van der Waals surface area contributed by atoms with E-state index in [2.05, 4.69) is 9.50 Å². The van der Waals surface area contributed by atoms with Gasteiger partial charge in [-0.2, -0.15) is 21.6 Å². The topological polar surface area (TPSA) is 128 Å². The number of alkyl carbamates (subject to hydrolysis) is 1. The lowest BCUT2D eigenvalue weighted by molar-refractivity contribution is -0.154. The normalized spacial score (nSPS) is 19.3. The second-order valence-electron chi connectivity index (χ2n) is 9.90. The first kappa shape index (κ1) is 30.2. The fourth-order valence-electron chi connectivity index (χ4n) is 4.01. The number of halogens is 3. The van der Waals surface area contributed by atoms with Crippen LogP contribution in [0.4, 0.5) is 18.0 Å². The lowest BCUT2D eigenvalue weighted by Gasteiger charge is -2.49. The quantitative estimate of drug-likeness (QED) is 0.211. The van der Waals surface area contributed by atoms with E-state index in [1.54, 1.807) is 81.4 Å². The van der Waals surface area contributed by atoms with Crippen LogP contribution < -0.4 is 5.32 Å². The summed E-state index contributed by atoms with van der Waals surface area (Å²) >= 11 is 0.789. The summed E-state index contributed by atoms with van der Waals surface area (Å²) in [7, 11) is -6.19. The number of carbonyl (C=O) groups excluding carboxylic acids is 3. The fourth-order valence-corrected chi connectivity index (χ4v) is 5.83. The summed E-state index contributed by atoms with van der Waals surface area (Å²) in [6, 6.07) is 15.6. The largest absolute Gasteiger partial charge is 0.534 e. The number of nitrogens with zero attached hydrogens (tertiary/aromatic N) is 1. The highest BCUT2D eigenvalue weighted by Crippen LogP contribution is 2.43. The fraction of sp³-hybridized carbons (Fsp3) is 0.346. The highest BCUT2D eigenvalue weighted by atomic mass is 32.2. The van der Waals surface area contributed by atoms with Gasteiger partial charge < -0.3 is 19.0 Å². The summed E-state index contributed by atoms with van der Waals surface area (Å²) in [5.74, 6) is -3.69. The molecule has 41 heavy (non-hydrogen) atoms. The van der Waals surface area contributed by atoms with Crippen LogP contribution in [-0.4, -0.2) is 59.6 Å². The molecule has 2 aliphatic heterocycles. The van der Waals surface area contributed by atoms with Crippen molar-refractivity contribution in [2.45, 2.75) is 49.4 Å². The molecule has 1 fully saturated rings. The van der Waals surface area contributed by atoms with E-state index in [9.17, 15) is 36.0 Å². The van der Waals surface area contributed by atoms with Gasteiger partial charge in [0.05, 0.1) is 5.75 Å². The minimum Gasteiger partial charge on any atom is -0.448 e. The third-order valence-corrected chi connectivity index (χ3v) is 7.96. The first-order valence-electron chi connectivity index (χ1n) is 12.1. The van der Waals surface area contributed by atoms with Gasteiger partial charge in [-0.3, -0.25) is 9.69 Å². The lowest BCUT2D eigenvalue weighted by atomic mass is 10.0. The lowest BCUT2D eigenvalue weighted by Crippen LogP contribution is -2.71. The standard InChI is InChI=1S/C26H25F3N2O8S2/c1-25(2,3)38-24(34)30-18-21(32)31-19(17(14-40-22(18)31)39-41(35,36)26(27,28)29)23(33)37-20(15-10-6-4-7-11-15)16-12-8-5-9-13-16/h4-13,18,20,22H,14H2,1-3H3,(H,30,34)/t18?,22-/m0/s1. The van der Waals surface area contributed by atoms with Crippen molar-refractivity contribution in [3.63, 3.8) is 0 Å². The van der Waals surface area contributed by atoms with Crippen molar-refractivity contribution in [2.24, 2.45) is 0 Å². The van der Waals surface area contributed by atoms with E-state index >= 15 is 0 Å². The van der Waals surface area contributed by atoms with E-state index in [1.807, 2.05) is 0 Å². The Kier molecular flexibility index (Phi) is 8.32. The highest BCUT2D eigenvalue weighted by molar-refractivity contribution is 8.00. The average Bonchev–Trinajstić information content (AvgIpc) is 2.89. The first-order chi connectivity index (χ1) is 19.1. The molecule has 220 valence electrons. The Bertz CT molecular complexity index is 1420. The minimum atomic E-state index is -6.19. The van der Waals surface area contributed by atoms with Crippen LogP contribution in [0, 0.1) is 0 Å². The van der Waals surface area contributed by atoms with Crippen LogP contribution >= 0.6 is 11.8 Å². The number of rotatable bonds is 7. The third kappa shape index (κ3) is 6.62. The number of amides is 2. The summed E-state index contributed by atoms with van der Waals surface area (Å²) in [6.45, 7) is 4.82. The van der Waals surface area contributed by atoms with Gasteiger partial charge in [0.15, 0.2) is 17.6 Å². The molecule has 0 bridgehead atoms. The SMILES string of the molecule is CC(C)(C)OC(=O)NC1C(=O)N2C(C(=O)OC(c3ccccc3)c3ccccc3)=C(OS(=O)(=O)C(F)(F)F)CS[C@@H]12. The second-order valence-corrected chi connectivity index (χ2v) is 12.5. The first-order valence-corrected chi connectivity index (χ1v) is 14.5. The zero-order valence-electron chi connectivity index (χ0n) is 21.9. The molecule has 0 aliphatic carbocycles. The smallest absolute Gasteiger partial charge is 0.448 e. The third-order valence-electron chi connectivity index (χ3n) is 5.72. The molecule has 2 atom stereocenters. The van der Waals surface area contributed by atoms with Crippen molar-refractivity contribution in [2.75, 3.05) is 5.75 Å². The molecule has 0 spiro atoms. The van der Waals surface area contributed by atoms with Gasteiger partial charge in [0.1, 0.15) is 17.0 Å². The Balaban J connectivity index is 1.70. The maximum atomic E-state index is 13.6. The molecule has 2 amide bonds. The number of alkyl halides is 3. The van der Waals surface area contributed by atoms with E-state index in [4.69, 9.17) is 9.47 Å². The molecule has 4 rings (SSSR count). The molecule has 1 N–H and O–H groups in total. The number of β-lactam (4-membered cyclic amide) rings is 1. The van der Waals surface area contributed by atoms with E-state index in [-0.39, 0.29) is 0 Å². The predicted octanol–water partition coefficient (Wildman–Crippen LogP) is 4.21. The Labute approximate surface area is 237 Å². The Morgan fingerprint density at radius 2 is 1.54 bits per heavy atom. The number of hydrogen-bond acceptors (Lipinski definition) is 9. The van der Waals surface area contributed by atoms with Crippen LogP contribution in [0.2, 0.25) is 0 Å². The summed E-state index contributed by atoms with van der Waals surface area (Å²) in [4.78, 5) is 39.8. The van der Waals surface area contributed by atoms with Crippen LogP contribution in [0.15, 0.2) is 72.1 Å². The van der Waals surface area contributed by atoms with Gasteiger partial charge in [0.2, 0.25) is 0 Å². The minimum absolute atomic E-state index is 0.499. The highest BCUT2D eigenvalue weighted by Gasteiger charge is 2.57. The van der Waals surface area contributed by atoms with E-state index in [0.717, 1.165) is 16.7 Å². The van der Waals surface area contributed by atoms with Crippen molar-refractivity contribution in [1.82, 2.24) is 10.2 Å². The van der Waals surface area contributed by atoms with Crippen LogP contribution in [0.1, 0.15) is 38.0 Å². The van der Waals surface area contributed by atoms with Crippen LogP contribution in [-0.2, 0) is 33.4 Å². The van der Waals surface area contributed by atoms with Gasteiger partial charge in [0, 0.05) is 0 Å². The molecular weight excluding hydrogens is 589 g/mol. The summed E-state index contributed by atoms with van der Waals surface area (Å²) < 4.78 is 78.5. The average molecular weight is 615 g/mol. The number of nitrogens with one attached hydrogen (secondary N) is 1. The molecule has 1 unspecified atom stereocenters. The molecule has 2 heterocycles. The number of benzene rings is 2. The number of hydrogen-bond donors (Lipinski definition) is 1. The number of fused-ring (bicyclic) bond motifs is 1. The van der Waals surface area contributed by atoms with Gasteiger partial charge in [-0.05, 0) is 31.9 Å². The molecule has 2 aromatic carbocycles. The Hall–Kier alpha value is -3.72. The predicted molar refractivity (Wildman–Crippen MR) is 140 cm³/mol. The van der Waals surface area contributed by atoms with Gasteiger partial charge in [-0.15, -0.1) is 11.8 Å². The maximum absolute atomic E-state index is 13.6. The van der Waals surface area contributed by atoms with Crippen molar-refractivity contribution >= 4 is 39.8 Å². The molecular formula is C26H25F3N2O8S2. The number of ether oxygens (including phenoxy) is 2. The summed E-state index contributed by atoms with van der Waals surface area (Å²) in [5, 5.41) is 1.39. The van der Waals surface area contributed by atoms with Crippen LogP contribution in [0.5, 0.6) is 0 Å². The van der Waals surface area contributed by atoms with Gasteiger partial charge >= 0.3 is 27.7 Å². The second kappa shape index (κ2) is 11.3. The van der Waals surface area contributed by atoms with E-state index in [0.29, 0.717) is 11.1 Å². The zero-order valence-corrected chi connectivity index (χ0v) is 23.5. The van der Waals surface area contributed by atoms with Gasteiger partial charge in [-0.1, -0.05) is 60.7 Å². The van der Waals surface area contributed by atoms with Crippen LogP contribution in [0.3, 0.4) is 0 Å². The van der Waals surface area contributed by atoms with Gasteiger partial charge in [-0.25, -0.2) is 9.59 Å². The van der Waals surface area contributed by atoms with Crippen molar-refractivity contribution in [3.05, 3.63) is 83.2 Å². The molecule has 0 radical (unpaired) electrons. The molecule has 10 nitrogen and oxygen atoms in total. The van der Waals surface area contributed by atoms with Crippen molar-refractivity contribution in [1.29, 1.82) is 0 Å². The number of esters is 1. The number of carbonyl (C=O) groups is 3. The van der Waals surface area contributed by atoms with Gasteiger partial charge in [0.25, 0.3) is 5.91 Å². The summed E-state index contributed by atoms with van der Waals surface area (Å²) in [6.07, 6.45) is -2.00. The maximum Gasteiger partial charge on any atom is 0.534 e. The summed E-state index contributed by atoms with van der Waals surface area (Å²) in [5.41, 5.74) is -6.50. The van der Waals surface area contributed by atoms with E-state index < -0.39 is 73.9 Å². The Morgan fingerprint density at radius 3 is 2.02 bits per heavy atom. The van der Waals surface area contributed by atoms with E-state index in [1.165, 1.54) is 0 Å². The molecule has 2 aliphatic rings. The Morgan fingerprint density at radius 1 is 1.00 bits per heavy atom. The molecule has 2 aromatic rings.